The van der Waals surface area contributed by atoms with Crippen molar-refractivity contribution in [3.8, 4) is 11.6 Å². The molecule has 0 saturated heterocycles. The topological polar surface area (TPSA) is 111 Å². The van der Waals surface area contributed by atoms with Gasteiger partial charge in [0.2, 0.25) is 11.7 Å². The Kier molecular flexibility index (Phi) is 8.06. The first-order chi connectivity index (χ1) is 11.8. The molecule has 2 aromatic heterocycles. The van der Waals surface area contributed by atoms with Crippen molar-refractivity contribution in [3.05, 3.63) is 24.2 Å². The second kappa shape index (κ2) is 9.55. The number of carbonyl (C=O) groups is 1. The number of hydrogen-bond acceptors (Lipinski definition) is 5. The SMILES string of the molecule is CN=C(NCc1nc(-c2ccco2)n[nH]1)N(C)CC(=O)NC(C)(C)C.I. The minimum absolute atomic E-state index is 0. The molecule has 0 aromatic carbocycles. The fourth-order valence-electron chi connectivity index (χ4n) is 2.19. The second-order valence-electron chi connectivity index (χ2n) is 6.64. The van der Waals surface area contributed by atoms with Gasteiger partial charge >= 0.3 is 0 Å². The van der Waals surface area contributed by atoms with E-state index in [0.717, 1.165) is 0 Å². The number of nitrogens with zero attached hydrogens (tertiary/aromatic N) is 4. The average molecular weight is 475 g/mol. The Balaban J connectivity index is 0.00000338. The van der Waals surface area contributed by atoms with E-state index in [1.165, 1.54) is 0 Å². The molecule has 2 heterocycles. The van der Waals surface area contributed by atoms with Gasteiger partial charge in [-0.25, -0.2) is 4.98 Å². The lowest BCUT2D eigenvalue weighted by atomic mass is 10.1. The lowest BCUT2D eigenvalue weighted by Gasteiger charge is -2.25. The second-order valence-corrected chi connectivity index (χ2v) is 6.64. The molecular weight excluding hydrogens is 449 g/mol. The molecule has 0 aliphatic carbocycles. The number of likely N-dealkylation sites (N-methyl/N-ethyl adjacent to an activating group) is 1. The lowest BCUT2D eigenvalue weighted by Crippen LogP contribution is -2.48. The van der Waals surface area contributed by atoms with Gasteiger partial charge in [-0.3, -0.25) is 14.9 Å². The van der Waals surface area contributed by atoms with Crippen LogP contribution in [0.1, 0.15) is 26.6 Å². The van der Waals surface area contributed by atoms with Crippen molar-refractivity contribution in [1.29, 1.82) is 0 Å². The van der Waals surface area contributed by atoms with E-state index in [1.54, 1.807) is 37.4 Å². The first-order valence-electron chi connectivity index (χ1n) is 7.96. The monoisotopic (exact) mass is 475 g/mol. The minimum Gasteiger partial charge on any atom is -0.461 e. The minimum atomic E-state index is -0.267. The van der Waals surface area contributed by atoms with Crippen LogP contribution in [-0.2, 0) is 11.3 Å². The van der Waals surface area contributed by atoms with E-state index < -0.39 is 0 Å². The Morgan fingerprint density at radius 1 is 1.42 bits per heavy atom. The molecule has 3 N–H and O–H groups in total. The fourth-order valence-corrected chi connectivity index (χ4v) is 2.19. The highest BCUT2D eigenvalue weighted by Gasteiger charge is 2.17. The summed E-state index contributed by atoms with van der Waals surface area (Å²) in [4.78, 5) is 22.3. The fraction of sp³-hybridized carbons (Fsp3) is 0.500. The number of halogens is 1. The van der Waals surface area contributed by atoms with Crippen LogP contribution in [0.2, 0.25) is 0 Å². The predicted molar refractivity (Wildman–Crippen MR) is 110 cm³/mol. The normalized spacial score (nSPS) is 11.7. The molecule has 0 atom stereocenters. The van der Waals surface area contributed by atoms with Gasteiger partial charge in [-0.05, 0) is 32.9 Å². The molecule has 0 fully saturated rings. The number of nitrogens with one attached hydrogen (secondary N) is 3. The Hall–Kier alpha value is -2.11. The summed E-state index contributed by atoms with van der Waals surface area (Å²) >= 11 is 0. The molecule has 144 valence electrons. The number of aromatic amines is 1. The van der Waals surface area contributed by atoms with Crippen LogP contribution in [0.15, 0.2) is 27.8 Å². The van der Waals surface area contributed by atoms with E-state index in [9.17, 15) is 4.79 Å². The molecule has 10 heteroatoms. The third-order valence-electron chi connectivity index (χ3n) is 3.16. The van der Waals surface area contributed by atoms with E-state index >= 15 is 0 Å². The molecule has 0 aliphatic rings. The van der Waals surface area contributed by atoms with Crippen molar-refractivity contribution >= 4 is 35.8 Å². The van der Waals surface area contributed by atoms with Gasteiger partial charge in [0.25, 0.3) is 0 Å². The molecule has 1 amide bonds. The summed E-state index contributed by atoms with van der Waals surface area (Å²) in [6.45, 7) is 6.42. The molecule has 9 nitrogen and oxygen atoms in total. The number of furan rings is 1. The number of aromatic nitrogens is 3. The third-order valence-corrected chi connectivity index (χ3v) is 3.16. The molecule has 26 heavy (non-hydrogen) atoms. The van der Waals surface area contributed by atoms with E-state index in [4.69, 9.17) is 4.42 Å². The predicted octanol–water partition coefficient (Wildman–Crippen LogP) is 1.60. The Labute approximate surface area is 170 Å². The van der Waals surface area contributed by atoms with E-state index in [2.05, 4.69) is 30.8 Å². The van der Waals surface area contributed by atoms with Crippen LogP contribution in [-0.4, -0.2) is 58.1 Å². The Morgan fingerprint density at radius 2 is 2.15 bits per heavy atom. The summed E-state index contributed by atoms with van der Waals surface area (Å²) in [5.74, 6) is 2.25. The summed E-state index contributed by atoms with van der Waals surface area (Å²) in [6, 6.07) is 3.57. The van der Waals surface area contributed by atoms with Crippen molar-refractivity contribution in [1.82, 2.24) is 30.7 Å². The van der Waals surface area contributed by atoms with Gasteiger partial charge < -0.3 is 20.0 Å². The molecule has 0 radical (unpaired) electrons. The number of H-pyrrole nitrogens is 1. The standard InChI is InChI=1S/C16H25N7O2.HI/c1-16(2,3)20-13(24)10-23(5)15(17-4)18-9-12-19-14(22-21-12)11-7-6-8-25-11;/h6-8H,9-10H2,1-5H3,(H,17,18)(H,20,24)(H,19,21,22);1H. The number of amides is 1. The number of guanidine groups is 1. The zero-order valence-electron chi connectivity index (χ0n) is 15.7. The molecular formula is C16H26IN7O2. The van der Waals surface area contributed by atoms with Gasteiger partial charge in [0.05, 0.1) is 19.4 Å². The molecule has 2 aromatic rings. The van der Waals surface area contributed by atoms with Crippen LogP contribution in [0.3, 0.4) is 0 Å². The maximum atomic E-state index is 12.0. The maximum Gasteiger partial charge on any atom is 0.240 e. The molecule has 0 saturated carbocycles. The summed E-state index contributed by atoms with van der Waals surface area (Å²) in [5.41, 5.74) is -0.267. The van der Waals surface area contributed by atoms with Crippen LogP contribution in [0.25, 0.3) is 11.6 Å². The summed E-state index contributed by atoms with van der Waals surface area (Å²) < 4.78 is 5.26. The lowest BCUT2D eigenvalue weighted by molar-refractivity contribution is -0.122. The largest absolute Gasteiger partial charge is 0.461 e. The number of hydrogen-bond donors (Lipinski definition) is 3. The van der Waals surface area contributed by atoms with E-state index in [-0.39, 0.29) is 42.0 Å². The summed E-state index contributed by atoms with van der Waals surface area (Å²) in [7, 11) is 3.46. The summed E-state index contributed by atoms with van der Waals surface area (Å²) in [5, 5.41) is 13.0. The highest BCUT2D eigenvalue weighted by molar-refractivity contribution is 14.0. The van der Waals surface area contributed by atoms with Crippen molar-refractivity contribution in [2.75, 3.05) is 20.6 Å². The zero-order valence-corrected chi connectivity index (χ0v) is 18.0. The third kappa shape index (κ3) is 6.65. The van der Waals surface area contributed by atoms with Gasteiger partial charge in [0.15, 0.2) is 11.7 Å². The zero-order chi connectivity index (χ0) is 18.4. The molecule has 0 bridgehead atoms. The van der Waals surface area contributed by atoms with E-state index in [0.29, 0.717) is 29.9 Å². The van der Waals surface area contributed by atoms with Crippen LogP contribution in [0, 0.1) is 0 Å². The highest BCUT2D eigenvalue weighted by Crippen LogP contribution is 2.14. The van der Waals surface area contributed by atoms with Crippen molar-refractivity contribution in [2.24, 2.45) is 4.99 Å². The molecule has 0 unspecified atom stereocenters. The first kappa shape index (κ1) is 21.9. The Bertz CT molecular complexity index is 719. The van der Waals surface area contributed by atoms with Gasteiger partial charge in [-0.15, -0.1) is 29.1 Å². The van der Waals surface area contributed by atoms with Crippen LogP contribution >= 0.6 is 24.0 Å². The Morgan fingerprint density at radius 3 is 2.73 bits per heavy atom. The van der Waals surface area contributed by atoms with Crippen molar-refractivity contribution in [3.63, 3.8) is 0 Å². The molecule has 0 aliphatic heterocycles. The van der Waals surface area contributed by atoms with Crippen LogP contribution < -0.4 is 10.6 Å². The van der Waals surface area contributed by atoms with Gasteiger partial charge in [-0.1, -0.05) is 0 Å². The van der Waals surface area contributed by atoms with Gasteiger partial charge in [0, 0.05) is 19.6 Å². The average Bonchev–Trinajstić information content (AvgIpc) is 3.16. The van der Waals surface area contributed by atoms with E-state index in [1.807, 2.05) is 20.8 Å². The summed E-state index contributed by atoms with van der Waals surface area (Å²) in [6.07, 6.45) is 1.57. The highest BCUT2D eigenvalue weighted by atomic mass is 127. The molecule has 0 spiro atoms. The quantitative estimate of drug-likeness (QED) is 0.344. The van der Waals surface area contributed by atoms with Gasteiger partial charge in [-0.2, -0.15) is 0 Å². The van der Waals surface area contributed by atoms with Crippen molar-refractivity contribution < 1.29 is 9.21 Å². The van der Waals surface area contributed by atoms with Gasteiger partial charge in [0.1, 0.15) is 5.82 Å². The van der Waals surface area contributed by atoms with Crippen LogP contribution in [0.5, 0.6) is 0 Å². The first-order valence-corrected chi connectivity index (χ1v) is 7.96. The number of aliphatic imine (C=N–C) groups is 1. The molecule has 2 rings (SSSR count). The smallest absolute Gasteiger partial charge is 0.240 e. The van der Waals surface area contributed by atoms with Crippen molar-refractivity contribution in [2.45, 2.75) is 32.9 Å². The number of carbonyl (C=O) groups excluding carboxylic acids is 1. The van der Waals surface area contributed by atoms with Crippen LogP contribution in [0.4, 0.5) is 0 Å². The number of rotatable bonds is 5. The maximum absolute atomic E-state index is 12.0.